The summed E-state index contributed by atoms with van der Waals surface area (Å²) in [5.41, 5.74) is -4.08. The highest BCUT2D eigenvalue weighted by molar-refractivity contribution is 5.91. The third-order valence-electron chi connectivity index (χ3n) is 6.46. The van der Waals surface area contributed by atoms with E-state index in [2.05, 4.69) is 0 Å². The standard InChI is InChI=1S/C29H28F6O3/c1-6-26(2,3)38-24-15-13-20(17-22(24)29(33,34)35)27(4,5)19-12-14-23(21(16-19)28(30,31)32)37-25(36)18-10-8-7-9-11-18/h7-17H,6H2,1-5H3. The zero-order valence-electron chi connectivity index (χ0n) is 21.6. The van der Waals surface area contributed by atoms with Crippen LogP contribution in [-0.2, 0) is 17.8 Å². The van der Waals surface area contributed by atoms with E-state index in [1.54, 1.807) is 39.0 Å². The predicted octanol–water partition coefficient (Wildman–Crippen LogP) is 8.84. The van der Waals surface area contributed by atoms with E-state index >= 15 is 0 Å². The van der Waals surface area contributed by atoms with Crippen molar-refractivity contribution in [2.24, 2.45) is 0 Å². The van der Waals surface area contributed by atoms with Crippen molar-refractivity contribution in [3.63, 3.8) is 0 Å². The molecule has 0 radical (unpaired) electrons. The Labute approximate surface area is 217 Å². The molecule has 3 aromatic rings. The molecule has 3 aromatic carbocycles. The number of alkyl halides is 6. The lowest BCUT2D eigenvalue weighted by atomic mass is 9.77. The number of rotatable bonds is 7. The third kappa shape index (κ3) is 6.49. The van der Waals surface area contributed by atoms with Crippen molar-refractivity contribution in [2.75, 3.05) is 0 Å². The summed E-state index contributed by atoms with van der Waals surface area (Å²) in [6.45, 7) is 8.14. The summed E-state index contributed by atoms with van der Waals surface area (Å²) >= 11 is 0. The van der Waals surface area contributed by atoms with Crippen molar-refractivity contribution >= 4 is 5.97 Å². The summed E-state index contributed by atoms with van der Waals surface area (Å²) in [4.78, 5) is 12.4. The number of benzene rings is 3. The van der Waals surface area contributed by atoms with Crippen LogP contribution in [0.3, 0.4) is 0 Å². The zero-order chi connectivity index (χ0) is 28.5. The van der Waals surface area contributed by atoms with Gasteiger partial charge < -0.3 is 9.47 Å². The molecule has 0 fully saturated rings. The molecule has 0 aliphatic heterocycles. The van der Waals surface area contributed by atoms with Crippen LogP contribution in [-0.4, -0.2) is 11.6 Å². The van der Waals surface area contributed by atoms with Gasteiger partial charge in [-0.2, -0.15) is 26.3 Å². The van der Waals surface area contributed by atoms with Gasteiger partial charge >= 0.3 is 18.3 Å². The molecule has 204 valence electrons. The molecule has 38 heavy (non-hydrogen) atoms. The van der Waals surface area contributed by atoms with Crippen LogP contribution in [0.2, 0.25) is 0 Å². The summed E-state index contributed by atoms with van der Waals surface area (Å²) in [6.07, 6.45) is -9.18. The number of esters is 1. The molecule has 0 spiro atoms. The van der Waals surface area contributed by atoms with Crippen LogP contribution in [0.4, 0.5) is 26.3 Å². The van der Waals surface area contributed by atoms with Gasteiger partial charge in [0.1, 0.15) is 17.1 Å². The Morgan fingerprint density at radius 3 is 1.66 bits per heavy atom. The molecule has 3 rings (SSSR count). The Hall–Kier alpha value is -3.49. The van der Waals surface area contributed by atoms with Gasteiger partial charge in [0.25, 0.3) is 0 Å². The minimum absolute atomic E-state index is 0.0678. The molecule has 3 nitrogen and oxygen atoms in total. The molecule has 0 bridgehead atoms. The Morgan fingerprint density at radius 2 is 1.18 bits per heavy atom. The molecular formula is C29H28F6O3. The maximum Gasteiger partial charge on any atom is 0.419 e. The van der Waals surface area contributed by atoms with Crippen LogP contribution in [0, 0.1) is 0 Å². The van der Waals surface area contributed by atoms with Crippen LogP contribution in [0.15, 0.2) is 66.7 Å². The second-order valence-electron chi connectivity index (χ2n) is 10.0. The van der Waals surface area contributed by atoms with Crippen molar-refractivity contribution in [1.29, 1.82) is 0 Å². The zero-order valence-corrected chi connectivity index (χ0v) is 21.6. The second kappa shape index (κ2) is 10.3. The van der Waals surface area contributed by atoms with Gasteiger partial charge in [0.2, 0.25) is 0 Å². The maximum atomic E-state index is 14.0. The fourth-order valence-corrected chi connectivity index (χ4v) is 3.73. The summed E-state index contributed by atoms with van der Waals surface area (Å²) in [5, 5.41) is 0. The monoisotopic (exact) mass is 538 g/mol. The van der Waals surface area contributed by atoms with E-state index in [1.165, 1.54) is 44.2 Å². The number of carbonyl (C=O) groups excluding carboxylic acids is 1. The van der Waals surface area contributed by atoms with Crippen LogP contribution in [0.5, 0.6) is 11.5 Å². The normalized spacial score (nSPS) is 12.8. The summed E-state index contributed by atoms with van der Waals surface area (Å²) < 4.78 is 94.5. The van der Waals surface area contributed by atoms with Crippen LogP contribution < -0.4 is 9.47 Å². The summed E-state index contributed by atoms with van der Waals surface area (Å²) in [5.74, 6) is -2.03. The lowest BCUT2D eigenvalue weighted by molar-refractivity contribution is -0.140. The molecule has 0 unspecified atom stereocenters. The molecule has 0 aromatic heterocycles. The Kier molecular flexibility index (Phi) is 7.91. The quantitative estimate of drug-likeness (QED) is 0.171. The number of hydrogen-bond donors (Lipinski definition) is 0. The van der Waals surface area contributed by atoms with E-state index in [0.717, 1.165) is 18.2 Å². The van der Waals surface area contributed by atoms with E-state index in [1.807, 2.05) is 0 Å². The van der Waals surface area contributed by atoms with Crippen LogP contribution in [0.25, 0.3) is 0 Å². The molecule has 0 saturated heterocycles. The Balaban J connectivity index is 2.06. The molecule has 0 atom stereocenters. The highest BCUT2D eigenvalue weighted by Gasteiger charge is 2.39. The lowest BCUT2D eigenvalue weighted by Crippen LogP contribution is -2.28. The first-order valence-electron chi connectivity index (χ1n) is 11.9. The number of carbonyl (C=O) groups is 1. The van der Waals surface area contributed by atoms with Gasteiger partial charge in [-0.25, -0.2) is 4.79 Å². The largest absolute Gasteiger partial charge is 0.487 e. The molecule has 0 amide bonds. The fourth-order valence-electron chi connectivity index (χ4n) is 3.73. The molecular weight excluding hydrogens is 510 g/mol. The van der Waals surface area contributed by atoms with E-state index in [0.29, 0.717) is 6.42 Å². The van der Waals surface area contributed by atoms with Crippen LogP contribution in [0.1, 0.15) is 73.7 Å². The average molecular weight is 539 g/mol. The molecule has 9 heteroatoms. The van der Waals surface area contributed by atoms with Gasteiger partial charge in [0.15, 0.2) is 0 Å². The van der Waals surface area contributed by atoms with Crippen LogP contribution >= 0.6 is 0 Å². The van der Waals surface area contributed by atoms with Gasteiger partial charge in [-0.3, -0.25) is 0 Å². The predicted molar refractivity (Wildman–Crippen MR) is 131 cm³/mol. The highest BCUT2D eigenvalue weighted by atomic mass is 19.4. The smallest absolute Gasteiger partial charge is 0.419 e. The van der Waals surface area contributed by atoms with E-state index < -0.39 is 46.2 Å². The topological polar surface area (TPSA) is 35.5 Å². The van der Waals surface area contributed by atoms with Gasteiger partial charge in [-0.05, 0) is 67.8 Å². The van der Waals surface area contributed by atoms with Gasteiger partial charge in [-0.1, -0.05) is 51.1 Å². The second-order valence-corrected chi connectivity index (χ2v) is 10.0. The highest BCUT2D eigenvalue weighted by Crippen LogP contribution is 2.44. The van der Waals surface area contributed by atoms with E-state index in [4.69, 9.17) is 9.47 Å². The summed E-state index contributed by atoms with van der Waals surface area (Å²) in [6, 6.07) is 14.1. The minimum atomic E-state index is -4.89. The average Bonchev–Trinajstić information content (AvgIpc) is 2.83. The Bertz CT molecular complexity index is 1290. The van der Waals surface area contributed by atoms with Crippen molar-refractivity contribution in [3.8, 4) is 11.5 Å². The van der Waals surface area contributed by atoms with Crippen molar-refractivity contribution in [3.05, 3.63) is 94.5 Å². The lowest BCUT2D eigenvalue weighted by Gasteiger charge is -2.30. The third-order valence-corrected chi connectivity index (χ3v) is 6.46. The van der Waals surface area contributed by atoms with E-state index in [9.17, 15) is 31.1 Å². The number of halogens is 6. The maximum absolute atomic E-state index is 14.0. The first-order chi connectivity index (χ1) is 17.5. The number of ether oxygens (including phenoxy) is 2. The summed E-state index contributed by atoms with van der Waals surface area (Å²) in [7, 11) is 0. The Morgan fingerprint density at radius 1 is 0.711 bits per heavy atom. The van der Waals surface area contributed by atoms with Crippen molar-refractivity contribution in [2.45, 2.75) is 64.4 Å². The van der Waals surface area contributed by atoms with Crippen molar-refractivity contribution in [1.82, 2.24) is 0 Å². The van der Waals surface area contributed by atoms with E-state index in [-0.39, 0.29) is 22.4 Å². The molecule has 0 aliphatic carbocycles. The van der Waals surface area contributed by atoms with Gasteiger partial charge in [-0.15, -0.1) is 0 Å². The molecule has 0 heterocycles. The molecule has 0 aliphatic rings. The number of hydrogen-bond acceptors (Lipinski definition) is 3. The van der Waals surface area contributed by atoms with Crippen molar-refractivity contribution < 1.29 is 40.6 Å². The van der Waals surface area contributed by atoms with Gasteiger partial charge in [0.05, 0.1) is 16.7 Å². The van der Waals surface area contributed by atoms with Gasteiger partial charge in [0, 0.05) is 5.41 Å². The molecule has 0 saturated carbocycles. The minimum Gasteiger partial charge on any atom is -0.487 e. The molecule has 0 N–H and O–H groups in total. The SMILES string of the molecule is CCC(C)(C)Oc1ccc(C(C)(C)c2ccc(OC(=O)c3ccccc3)c(C(F)(F)F)c2)cc1C(F)(F)F. The fraction of sp³-hybridized carbons (Fsp3) is 0.345. The first kappa shape index (κ1) is 29.1. The first-order valence-corrected chi connectivity index (χ1v) is 11.9.